The third-order valence-electron chi connectivity index (χ3n) is 4.80. The molecule has 1 aromatic carbocycles. The standard InChI is InChI=1S/C19H18ClN5O2/c1-11-18(12(2)22-21-11)19(27)24-9-15(10-24)25-17(26)8-7-16(23-25)13-3-5-14(20)6-4-13/h3-8,15H,9-10H2,1-2H3,(H,21,22). The van der Waals surface area contributed by atoms with Gasteiger partial charge in [0.1, 0.15) is 0 Å². The number of carbonyl (C=O) groups excluding carboxylic acids is 1. The Balaban J connectivity index is 1.54. The smallest absolute Gasteiger partial charge is 0.267 e. The number of amides is 1. The molecule has 0 radical (unpaired) electrons. The fraction of sp³-hybridized carbons (Fsp3) is 0.263. The van der Waals surface area contributed by atoms with Gasteiger partial charge in [-0.05, 0) is 32.0 Å². The average molecular weight is 384 g/mol. The number of halogens is 1. The summed E-state index contributed by atoms with van der Waals surface area (Å²) in [7, 11) is 0. The van der Waals surface area contributed by atoms with Crippen molar-refractivity contribution in [1.29, 1.82) is 0 Å². The molecule has 0 saturated carbocycles. The second-order valence-corrected chi connectivity index (χ2v) is 7.12. The predicted octanol–water partition coefficient (Wildman–Crippen LogP) is 2.60. The van der Waals surface area contributed by atoms with E-state index in [1.165, 1.54) is 10.7 Å². The highest BCUT2D eigenvalue weighted by Gasteiger charge is 2.35. The zero-order chi connectivity index (χ0) is 19.1. The van der Waals surface area contributed by atoms with Crippen molar-refractivity contribution in [2.75, 3.05) is 13.1 Å². The van der Waals surface area contributed by atoms with Crippen LogP contribution in [0.1, 0.15) is 27.8 Å². The molecule has 1 N–H and O–H groups in total. The number of hydrogen-bond donors (Lipinski definition) is 1. The first-order valence-electron chi connectivity index (χ1n) is 8.60. The van der Waals surface area contributed by atoms with E-state index in [0.29, 0.717) is 35.1 Å². The lowest BCUT2D eigenvalue weighted by Crippen LogP contribution is -2.53. The van der Waals surface area contributed by atoms with Gasteiger partial charge in [-0.3, -0.25) is 14.7 Å². The van der Waals surface area contributed by atoms with E-state index < -0.39 is 0 Å². The maximum atomic E-state index is 12.7. The van der Waals surface area contributed by atoms with E-state index >= 15 is 0 Å². The molecule has 0 unspecified atom stereocenters. The number of benzene rings is 1. The molecule has 0 spiro atoms. The Kier molecular flexibility index (Phi) is 4.31. The van der Waals surface area contributed by atoms with Crippen LogP contribution < -0.4 is 5.56 Å². The Morgan fingerprint density at radius 3 is 2.48 bits per heavy atom. The number of aryl methyl sites for hydroxylation is 2. The van der Waals surface area contributed by atoms with Crippen molar-refractivity contribution in [1.82, 2.24) is 24.9 Å². The topological polar surface area (TPSA) is 83.9 Å². The third-order valence-corrected chi connectivity index (χ3v) is 5.05. The molecule has 1 saturated heterocycles. The molecule has 2 aromatic heterocycles. The maximum Gasteiger partial charge on any atom is 0.267 e. The van der Waals surface area contributed by atoms with Gasteiger partial charge in [0.05, 0.1) is 23.0 Å². The molecule has 1 aliphatic heterocycles. The minimum absolute atomic E-state index is 0.0723. The van der Waals surface area contributed by atoms with Crippen LogP contribution in [-0.2, 0) is 0 Å². The van der Waals surface area contributed by atoms with Crippen molar-refractivity contribution in [3.63, 3.8) is 0 Å². The molecule has 27 heavy (non-hydrogen) atoms. The Labute approximate surface area is 160 Å². The highest BCUT2D eigenvalue weighted by Crippen LogP contribution is 2.25. The lowest BCUT2D eigenvalue weighted by atomic mass is 10.1. The van der Waals surface area contributed by atoms with Gasteiger partial charge in [-0.15, -0.1) is 0 Å². The van der Waals surface area contributed by atoms with Gasteiger partial charge < -0.3 is 4.90 Å². The molecule has 0 aliphatic carbocycles. The van der Waals surface area contributed by atoms with Crippen molar-refractivity contribution < 1.29 is 4.79 Å². The largest absolute Gasteiger partial charge is 0.334 e. The van der Waals surface area contributed by atoms with Crippen LogP contribution in [0.5, 0.6) is 0 Å². The summed E-state index contributed by atoms with van der Waals surface area (Å²) in [6.45, 7) is 4.52. The van der Waals surface area contributed by atoms with Crippen molar-refractivity contribution >= 4 is 17.5 Å². The van der Waals surface area contributed by atoms with E-state index in [1.807, 2.05) is 19.1 Å². The summed E-state index contributed by atoms with van der Waals surface area (Å²) in [5.41, 5.74) is 3.42. The van der Waals surface area contributed by atoms with Gasteiger partial charge in [-0.1, -0.05) is 23.7 Å². The second-order valence-electron chi connectivity index (χ2n) is 6.68. The molecule has 0 bridgehead atoms. The first-order chi connectivity index (χ1) is 12.9. The van der Waals surface area contributed by atoms with E-state index in [9.17, 15) is 9.59 Å². The summed E-state index contributed by atoms with van der Waals surface area (Å²) in [5, 5.41) is 12.0. The Morgan fingerprint density at radius 1 is 1.15 bits per heavy atom. The van der Waals surface area contributed by atoms with E-state index in [2.05, 4.69) is 15.3 Å². The highest BCUT2D eigenvalue weighted by atomic mass is 35.5. The number of likely N-dealkylation sites (tertiary alicyclic amines) is 1. The van der Waals surface area contributed by atoms with Gasteiger partial charge in [0.15, 0.2) is 0 Å². The Hall–Kier alpha value is -2.93. The number of carbonyl (C=O) groups is 1. The number of aromatic amines is 1. The first kappa shape index (κ1) is 17.5. The van der Waals surface area contributed by atoms with Gasteiger partial charge in [0.2, 0.25) is 0 Å². The first-order valence-corrected chi connectivity index (χ1v) is 8.98. The zero-order valence-electron chi connectivity index (χ0n) is 14.9. The van der Waals surface area contributed by atoms with Gasteiger partial charge in [0.25, 0.3) is 11.5 Å². The van der Waals surface area contributed by atoms with E-state index in [-0.39, 0.29) is 17.5 Å². The maximum absolute atomic E-state index is 12.7. The molecule has 3 heterocycles. The molecule has 0 atom stereocenters. The van der Waals surface area contributed by atoms with Gasteiger partial charge in [-0.2, -0.15) is 10.2 Å². The molecule has 1 fully saturated rings. The van der Waals surface area contributed by atoms with Crippen molar-refractivity contribution in [2.45, 2.75) is 19.9 Å². The summed E-state index contributed by atoms with van der Waals surface area (Å²) >= 11 is 5.93. The quantitative estimate of drug-likeness (QED) is 0.753. The van der Waals surface area contributed by atoms with Crippen LogP contribution in [0.15, 0.2) is 41.2 Å². The summed E-state index contributed by atoms with van der Waals surface area (Å²) in [5.74, 6) is -0.0723. The molecule has 4 rings (SSSR count). The predicted molar refractivity (Wildman–Crippen MR) is 102 cm³/mol. The third kappa shape index (κ3) is 3.14. The number of H-pyrrole nitrogens is 1. The van der Waals surface area contributed by atoms with Crippen LogP contribution in [-0.4, -0.2) is 43.9 Å². The zero-order valence-corrected chi connectivity index (χ0v) is 15.7. The fourth-order valence-corrected chi connectivity index (χ4v) is 3.39. The van der Waals surface area contributed by atoms with Crippen LogP contribution >= 0.6 is 11.6 Å². The summed E-state index contributed by atoms with van der Waals surface area (Å²) < 4.78 is 1.46. The molecular weight excluding hydrogens is 366 g/mol. The van der Waals surface area contributed by atoms with Gasteiger partial charge in [0, 0.05) is 35.4 Å². The van der Waals surface area contributed by atoms with Crippen LogP contribution in [0.4, 0.5) is 0 Å². The minimum Gasteiger partial charge on any atom is -0.334 e. The Bertz CT molecular complexity index is 1040. The van der Waals surface area contributed by atoms with E-state index in [4.69, 9.17) is 11.6 Å². The van der Waals surface area contributed by atoms with Gasteiger partial charge >= 0.3 is 0 Å². The van der Waals surface area contributed by atoms with Crippen LogP contribution in [0.2, 0.25) is 5.02 Å². The molecule has 7 nitrogen and oxygen atoms in total. The van der Waals surface area contributed by atoms with Crippen LogP contribution in [0, 0.1) is 13.8 Å². The van der Waals surface area contributed by atoms with Crippen molar-refractivity contribution in [2.24, 2.45) is 0 Å². The SMILES string of the molecule is Cc1n[nH]c(C)c1C(=O)N1CC(n2nc(-c3ccc(Cl)cc3)ccc2=O)C1. The number of hydrogen-bond acceptors (Lipinski definition) is 4. The number of aromatic nitrogens is 4. The molecular formula is C19H18ClN5O2. The van der Waals surface area contributed by atoms with E-state index in [0.717, 1.165) is 11.3 Å². The minimum atomic E-state index is -0.180. The molecule has 1 aliphatic rings. The van der Waals surface area contributed by atoms with Gasteiger partial charge in [-0.25, -0.2) is 4.68 Å². The average Bonchev–Trinajstić information content (AvgIpc) is 2.94. The number of rotatable bonds is 3. The highest BCUT2D eigenvalue weighted by molar-refractivity contribution is 6.30. The normalized spacial score (nSPS) is 14.3. The molecule has 1 amide bonds. The lowest BCUT2D eigenvalue weighted by molar-refractivity contribution is 0.0492. The van der Waals surface area contributed by atoms with Crippen LogP contribution in [0.25, 0.3) is 11.3 Å². The number of nitrogens with zero attached hydrogens (tertiary/aromatic N) is 4. The molecule has 138 valence electrons. The fourth-order valence-electron chi connectivity index (χ4n) is 3.26. The molecule has 3 aromatic rings. The summed E-state index contributed by atoms with van der Waals surface area (Å²) in [6.07, 6.45) is 0. The Morgan fingerprint density at radius 2 is 1.85 bits per heavy atom. The van der Waals surface area contributed by atoms with E-state index in [1.54, 1.807) is 30.0 Å². The summed E-state index contributed by atoms with van der Waals surface area (Å²) in [4.78, 5) is 26.6. The lowest BCUT2D eigenvalue weighted by Gasteiger charge is -2.39. The molecule has 8 heteroatoms. The summed E-state index contributed by atoms with van der Waals surface area (Å²) in [6, 6.07) is 10.4. The number of nitrogens with one attached hydrogen (secondary N) is 1. The second kappa shape index (κ2) is 6.66. The van der Waals surface area contributed by atoms with Crippen LogP contribution in [0.3, 0.4) is 0 Å². The van der Waals surface area contributed by atoms with Crippen molar-refractivity contribution in [3.05, 3.63) is 68.7 Å². The van der Waals surface area contributed by atoms with Crippen molar-refractivity contribution in [3.8, 4) is 11.3 Å². The monoisotopic (exact) mass is 383 g/mol.